The van der Waals surface area contributed by atoms with Crippen molar-refractivity contribution in [3.8, 4) is 11.8 Å². The van der Waals surface area contributed by atoms with Gasteiger partial charge in [0.05, 0.1) is 4.88 Å². The second-order valence-electron chi connectivity index (χ2n) is 4.63. The minimum absolute atomic E-state index is 0.0719. The Hall–Kier alpha value is -0.820. The van der Waals surface area contributed by atoms with Crippen LogP contribution >= 0.6 is 11.3 Å². The summed E-state index contributed by atoms with van der Waals surface area (Å²) >= 11 is 1.70. The van der Waals surface area contributed by atoms with Gasteiger partial charge in [-0.15, -0.1) is 11.3 Å². The van der Waals surface area contributed by atoms with Gasteiger partial charge >= 0.3 is 0 Å². The molecule has 1 rings (SSSR count). The Morgan fingerprint density at radius 1 is 1.35 bits per heavy atom. The third kappa shape index (κ3) is 4.51. The van der Waals surface area contributed by atoms with Crippen LogP contribution in [0.5, 0.6) is 0 Å². The zero-order chi connectivity index (χ0) is 12.8. The van der Waals surface area contributed by atoms with E-state index >= 15 is 0 Å². The van der Waals surface area contributed by atoms with Crippen LogP contribution in [0.1, 0.15) is 30.5 Å². The number of thiophene rings is 1. The molecule has 3 heteroatoms. The van der Waals surface area contributed by atoms with E-state index in [0.29, 0.717) is 12.0 Å². The summed E-state index contributed by atoms with van der Waals surface area (Å²) in [5.41, 5.74) is 0. The highest BCUT2D eigenvalue weighted by atomic mass is 32.1. The molecule has 0 amide bonds. The maximum atomic E-state index is 8.64. The van der Waals surface area contributed by atoms with Crippen molar-refractivity contribution in [1.29, 1.82) is 0 Å². The molecule has 17 heavy (non-hydrogen) atoms. The smallest absolute Gasteiger partial charge is 0.104 e. The molecule has 2 nitrogen and oxygen atoms in total. The molecule has 0 aliphatic rings. The first-order valence-corrected chi connectivity index (χ1v) is 6.75. The maximum absolute atomic E-state index is 8.64. The summed E-state index contributed by atoms with van der Waals surface area (Å²) in [7, 11) is 2.16. The van der Waals surface area contributed by atoms with Crippen molar-refractivity contribution in [3.63, 3.8) is 0 Å². The third-order valence-corrected chi connectivity index (χ3v) is 4.00. The van der Waals surface area contributed by atoms with Gasteiger partial charge in [0.2, 0.25) is 0 Å². The second-order valence-corrected chi connectivity index (χ2v) is 5.79. The molecule has 1 heterocycles. The summed E-state index contributed by atoms with van der Waals surface area (Å²) in [5.74, 6) is 6.28. The highest BCUT2D eigenvalue weighted by Crippen LogP contribution is 2.19. The molecule has 0 aliphatic heterocycles. The van der Waals surface area contributed by atoms with E-state index in [-0.39, 0.29) is 6.61 Å². The highest BCUT2D eigenvalue weighted by Gasteiger charge is 2.13. The summed E-state index contributed by atoms with van der Waals surface area (Å²) < 4.78 is 0. The molecular formula is C14H21NOS. The van der Waals surface area contributed by atoms with Gasteiger partial charge in [-0.25, -0.2) is 0 Å². The lowest BCUT2D eigenvalue weighted by molar-refractivity contribution is 0.202. The van der Waals surface area contributed by atoms with Crippen LogP contribution in [0, 0.1) is 17.8 Å². The van der Waals surface area contributed by atoms with Crippen LogP contribution in [0.25, 0.3) is 0 Å². The van der Waals surface area contributed by atoms with Crippen LogP contribution in [-0.2, 0) is 6.54 Å². The molecule has 0 bridgehead atoms. The molecule has 0 spiro atoms. The molecule has 1 atom stereocenters. The first-order valence-electron chi connectivity index (χ1n) is 5.93. The lowest BCUT2D eigenvalue weighted by Gasteiger charge is -2.27. The lowest BCUT2D eigenvalue weighted by atomic mass is 10.1. The molecular weight excluding hydrogens is 230 g/mol. The van der Waals surface area contributed by atoms with E-state index in [1.807, 2.05) is 6.07 Å². The minimum Gasteiger partial charge on any atom is -0.384 e. The van der Waals surface area contributed by atoms with Crippen molar-refractivity contribution >= 4 is 11.3 Å². The number of hydrogen-bond acceptors (Lipinski definition) is 3. The molecule has 1 N–H and O–H groups in total. The van der Waals surface area contributed by atoms with Gasteiger partial charge in [0, 0.05) is 17.5 Å². The van der Waals surface area contributed by atoms with Crippen LogP contribution in [-0.4, -0.2) is 29.7 Å². The molecule has 1 unspecified atom stereocenters. The van der Waals surface area contributed by atoms with Gasteiger partial charge in [-0.2, -0.15) is 0 Å². The topological polar surface area (TPSA) is 23.5 Å². The van der Waals surface area contributed by atoms with Gasteiger partial charge < -0.3 is 5.11 Å². The fourth-order valence-electron chi connectivity index (χ4n) is 1.56. The Morgan fingerprint density at radius 2 is 2.06 bits per heavy atom. The maximum Gasteiger partial charge on any atom is 0.104 e. The monoisotopic (exact) mass is 251 g/mol. The first kappa shape index (κ1) is 14.2. The Morgan fingerprint density at radius 3 is 2.65 bits per heavy atom. The van der Waals surface area contributed by atoms with Crippen LogP contribution in [0.15, 0.2) is 12.1 Å². The number of nitrogens with zero attached hydrogens (tertiary/aromatic N) is 1. The number of hydrogen-bond donors (Lipinski definition) is 1. The fourth-order valence-corrected chi connectivity index (χ4v) is 2.50. The SMILES string of the molecule is CC(C)C(C)N(C)Cc1ccc(C#CCO)s1. The summed E-state index contributed by atoms with van der Waals surface area (Å²) in [6.45, 7) is 7.63. The standard InChI is InChI=1S/C14H21NOS/c1-11(2)12(3)15(4)10-14-8-7-13(17-14)6-5-9-16/h7-8,11-12,16H,9-10H2,1-4H3. The van der Waals surface area contributed by atoms with Gasteiger partial charge in [0.25, 0.3) is 0 Å². The van der Waals surface area contributed by atoms with Gasteiger partial charge in [-0.3, -0.25) is 4.90 Å². The summed E-state index contributed by atoms with van der Waals surface area (Å²) in [5, 5.41) is 8.64. The normalized spacial score (nSPS) is 12.6. The van der Waals surface area contributed by atoms with E-state index in [9.17, 15) is 0 Å². The van der Waals surface area contributed by atoms with Crippen molar-refractivity contribution in [2.75, 3.05) is 13.7 Å². The predicted octanol–water partition coefficient (Wildman–Crippen LogP) is 2.57. The van der Waals surface area contributed by atoms with Gasteiger partial charge in [0.1, 0.15) is 6.61 Å². The van der Waals surface area contributed by atoms with E-state index in [1.165, 1.54) is 4.88 Å². The lowest BCUT2D eigenvalue weighted by Crippen LogP contribution is -2.32. The second kappa shape index (κ2) is 6.80. The minimum atomic E-state index is -0.0719. The fraction of sp³-hybridized carbons (Fsp3) is 0.571. The molecule has 0 saturated heterocycles. The molecule has 0 aromatic carbocycles. The van der Waals surface area contributed by atoms with Crippen molar-refractivity contribution in [3.05, 3.63) is 21.9 Å². The van der Waals surface area contributed by atoms with E-state index in [1.54, 1.807) is 11.3 Å². The molecule has 0 aliphatic carbocycles. The number of rotatable bonds is 4. The van der Waals surface area contributed by atoms with Gasteiger partial charge in [-0.05, 0) is 32.0 Å². The van der Waals surface area contributed by atoms with Crippen LogP contribution in [0.2, 0.25) is 0 Å². The predicted molar refractivity (Wildman–Crippen MR) is 74.0 cm³/mol. The van der Waals surface area contributed by atoms with Crippen molar-refractivity contribution in [2.24, 2.45) is 5.92 Å². The van der Waals surface area contributed by atoms with Crippen LogP contribution in [0.3, 0.4) is 0 Å². The van der Waals surface area contributed by atoms with Gasteiger partial charge in [-0.1, -0.05) is 25.7 Å². The van der Waals surface area contributed by atoms with E-state index < -0.39 is 0 Å². The van der Waals surface area contributed by atoms with E-state index in [0.717, 1.165) is 11.4 Å². The zero-order valence-electron chi connectivity index (χ0n) is 11.0. The molecule has 1 aromatic heterocycles. The Labute approximate surface area is 108 Å². The van der Waals surface area contributed by atoms with Crippen molar-refractivity contribution in [1.82, 2.24) is 4.90 Å². The van der Waals surface area contributed by atoms with E-state index in [4.69, 9.17) is 5.11 Å². The third-order valence-electron chi connectivity index (χ3n) is 3.02. The molecule has 94 valence electrons. The Bertz CT molecular complexity index is 400. The zero-order valence-corrected chi connectivity index (χ0v) is 11.8. The summed E-state index contributed by atoms with van der Waals surface area (Å²) in [4.78, 5) is 4.71. The molecule has 0 saturated carbocycles. The number of aliphatic hydroxyl groups is 1. The Kier molecular flexibility index (Phi) is 5.70. The summed E-state index contributed by atoms with van der Waals surface area (Å²) in [6.07, 6.45) is 0. The quantitative estimate of drug-likeness (QED) is 0.831. The highest BCUT2D eigenvalue weighted by molar-refractivity contribution is 7.12. The van der Waals surface area contributed by atoms with Crippen molar-refractivity contribution in [2.45, 2.75) is 33.4 Å². The van der Waals surface area contributed by atoms with Crippen LogP contribution in [0.4, 0.5) is 0 Å². The van der Waals surface area contributed by atoms with E-state index in [2.05, 4.69) is 50.6 Å². The molecule has 1 aromatic rings. The summed E-state index contributed by atoms with van der Waals surface area (Å²) in [6, 6.07) is 4.72. The van der Waals surface area contributed by atoms with Crippen molar-refractivity contribution < 1.29 is 5.11 Å². The molecule has 0 fully saturated rings. The van der Waals surface area contributed by atoms with Crippen LogP contribution < -0.4 is 0 Å². The molecule has 0 radical (unpaired) electrons. The Balaban J connectivity index is 2.60. The first-order chi connectivity index (χ1) is 8.04. The average molecular weight is 251 g/mol. The largest absolute Gasteiger partial charge is 0.384 e. The average Bonchev–Trinajstić information content (AvgIpc) is 2.72. The number of aliphatic hydroxyl groups excluding tert-OH is 1. The van der Waals surface area contributed by atoms with Gasteiger partial charge in [0.15, 0.2) is 0 Å².